The van der Waals surface area contributed by atoms with Gasteiger partial charge < -0.3 is 10.2 Å². The number of anilines is 2. The van der Waals surface area contributed by atoms with Gasteiger partial charge in [-0.3, -0.25) is 9.59 Å². The smallest absolute Gasteiger partial charge is 0.325 e. The summed E-state index contributed by atoms with van der Waals surface area (Å²) >= 11 is 5.60. The third kappa shape index (κ3) is 4.98. The molecule has 2 aromatic rings. The van der Waals surface area contributed by atoms with E-state index < -0.39 is 35.7 Å². The Morgan fingerprint density at radius 2 is 1.77 bits per heavy atom. The van der Waals surface area contributed by atoms with Gasteiger partial charge in [0.1, 0.15) is 6.42 Å². The van der Waals surface area contributed by atoms with E-state index in [1.165, 1.54) is 11.0 Å². The van der Waals surface area contributed by atoms with Crippen molar-refractivity contribution in [3.63, 3.8) is 0 Å². The largest absolute Gasteiger partial charge is 0.418 e. The molecule has 2 rings (SSSR count). The van der Waals surface area contributed by atoms with Crippen molar-refractivity contribution in [3.05, 3.63) is 59.1 Å². The van der Waals surface area contributed by atoms with Gasteiger partial charge >= 0.3 is 6.18 Å². The summed E-state index contributed by atoms with van der Waals surface area (Å²) in [6, 6.07) is 11.7. The number of rotatable bonds is 5. The van der Waals surface area contributed by atoms with Crippen LogP contribution >= 0.6 is 11.6 Å². The first kappa shape index (κ1) is 19.8. The molecule has 4 nitrogen and oxygen atoms in total. The maximum absolute atomic E-state index is 13.1. The predicted molar refractivity (Wildman–Crippen MR) is 94.2 cm³/mol. The van der Waals surface area contributed by atoms with Gasteiger partial charge in [0, 0.05) is 17.3 Å². The van der Waals surface area contributed by atoms with Crippen molar-refractivity contribution >= 4 is 34.8 Å². The zero-order valence-corrected chi connectivity index (χ0v) is 14.6. The van der Waals surface area contributed by atoms with E-state index in [1.54, 1.807) is 37.3 Å². The number of nitrogens with one attached hydrogen (secondary N) is 1. The average Bonchev–Trinajstić information content (AvgIpc) is 2.57. The van der Waals surface area contributed by atoms with Crippen molar-refractivity contribution in [2.45, 2.75) is 19.5 Å². The molecular formula is C18H16ClF3N2O2. The lowest BCUT2D eigenvalue weighted by atomic mass is 10.1. The summed E-state index contributed by atoms with van der Waals surface area (Å²) in [5.74, 6) is -1.35. The normalized spacial score (nSPS) is 11.1. The van der Waals surface area contributed by atoms with Crippen LogP contribution in [0.25, 0.3) is 0 Å². The fraction of sp³-hybridized carbons (Fsp3) is 0.222. The van der Waals surface area contributed by atoms with Crippen molar-refractivity contribution in [2.75, 3.05) is 16.8 Å². The molecule has 0 atom stereocenters. The number of alkyl halides is 3. The van der Waals surface area contributed by atoms with Crippen LogP contribution in [0, 0.1) is 0 Å². The second kappa shape index (κ2) is 8.23. The zero-order chi connectivity index (χ0) is 19.3. The average molecular weight is 385 g/mol. The maximum Gasteiger partial charge on any atom is 0.418 e. The number of carbonyl (C=O) groups is 2. The van der Waals surface area contributed by atoms with Gasteiger partial charge in [0.15, 0.2) is 0 Å². The van der Waals surface area contributed by atoms with E-state index >= 15 is 0 Å². The van der Waals surface area contributed by atoms with E-state index in [0.29, 0.717) is 12.2 Å². The number of nitrogens with zero attached hydrogens (tertiary/aromatic N) is 1. The Bertz CT molecular complexity index is 795. The fourth-order valence-electron chi connectivity index (χ4n) is 2.40. The van der Waals surface area contributed by atoms with E-state index in [1.807, 2.05) is 0 Å². The molecule has 0 aliphatic carbocycles. The number of hydrogen-bond acceptors (Lipinski definition) is 2. The third-order valence-corrected chi connectivity index (χ3v) is 3.79. The number of carbonyl (C=O) groups excluding carboxylic acids is 2. The van der Waals surface area contributed by atoms with Gasteiger partial charge in [0.05, 0.1) is 11.3 Å². The van der Waals surface area contributed by atoms with Crippen molar-refractivity contribution in [1.82, 2.24) is 0 Å². The van der Waals surface area contributed by atoms with Gasteiger partial charge in [-0.05, 0) is 37.3 Å². The molecule has 26 heavy (non-hydrogen) atoms. The molecule has 8 heteroatoms. The molecule has 2 amide bonds. The highest BCUT2D eigenvalue weighted by Gasteiger charge is 2.34. The first-order valence-corrected chi connectivity index (χ1v) is 8.12. The van der Waals surface area contributed by atoms with Crippen LogP contribution in [0.3, 0.4) is 0 Å². The molecule has 0 radical (unpaired) electrons. The Kier molecular flexibility index (Phi) is 6.26. The van der Waals surface area contributed by atoms with E-state index in [9.17, 15) is 22.8 Å². The predicted octanol–water partition coefficient (Wildman–Crippen LogP) is 4.74. The number of halogens is 4. The van der Waals surface area contributed by atoms with Crippen LogP contribution in [-0.4, -0.2) is 18.4 Å². The topological polar surface area (TPSA) is 49.4 Å². The fourth-order valence-corrected chi connectivity index (χ4v) is 2.57. The van der Waals surface area contributed by atoms with Crippen LogP contribution in [0.1, 0.15) is 18.9 Å². The molecule has 0 saturated heterocycles. The molecule has 138 valence electrons. The van der Waals surface area contributed by atoms with E-state index in [-0.39, 0.29) is 5.02 Å². The lowest BCUT2D eigenvalue weighted by Gasteiger charge is -2.21. The molecule has 0 saturated carbocycles. The van der Waals surface area contributed by atoms with Gasteiger partial charge in [-0.2, -0.15) is 13.2 Å². The highest BCUT2D eigenvalue weighted by Crippen LogP contribution is 2.36. The lowest BCUT2D eigenvalue weighted by Crippen LogP contribution is -2.33. The third-order valence-electron chi connectivity index (χ3n) is 3.56. The Morgan fingerprint density at radius 1 is 1.12 bits per heavy atom. The lowest BCUT2D eigenvalue weighted by molar-refractivity contribution is -0.137. The summed E-state index contributed by atoms with van der Waals surface area (Å²) in [7, 11) is 0. The van der Waals surface area contributed by atoms with Gasteiger partial charge in [-0.15, -0.1) is 0 Å². The summed E-state index contributed by atoms with van der Waals surface area (Å²) < 4.78 is 39.2. The highest BCUT2D eigenvalue weighted by molar-refractivity contribution is 6.30. The minimum atomic E-state index is -4.68. The molecule has 0 fully saturated rings. The number of hydrogen-bond donors (Lipinski definition) is 1. The molecule has 0 bridgehead atoms. The Morgan fingerprint density at radius 3 is 2.35 bits per heavy atom. The standard InChI is InChI=1S/C18H16ClF3N2O2/c1-2-24(13-6-4-3-5-7-13)17(26)11-16(25)23-15-9-8-12(19)10-14(15)18(20,21)22/h3-10H,2,11H2,1H3,(H,23,25). The van der Waals surface area contributed by atoms with Crippen molar-refractivity contribution in [1.29, 1.82) is 0 Å². The SMILES string of the molecule is CCN(C(=O)CC(=O)Nc1ccc(Cl)cc1C(F)(F)F)c1ccccc1. The molecular weight excluding hydrogens is 369 g/mol. The molecule has 0 aliphatic heterocycles. The Hall–Kier alpha value is -2.54. The molecule has 0 unspecified atom stereocenters. The van der Waals surface area contributed by atoms with Gasteiger partial charge in [-0.1, -0.05) is 29.8 Å². The molecule has 2 aromatic carbocycles. The molecule has 0 aliphatic rings. The van der Waals surface area contributed by atoms with E-state index in [0.717, 1.165) is 12.1 Å². The van der Waals surface area contributed by atoms with Gasteiger partial charge in [0.2, 0.25) is 11.8 Å². The first-order chi connectivity index (χ1) is 12.2. The molecule has 0 spiro atoms. The maximum atomic E-state index is 13.1. The minimum Gasteiger partial charge on any atom is -0.325 e. The van der Waals surface area contributed by atoms with Gasteiger partial charge in [0.25, 0.3) is 0 Å². The Balaban J connectivity index is 2.13. The monoisotopic (exact) mass is 384 g/mol. The zero-order valence-electron chi connectivity index (χ0n) is 13.8. The van der Waals surface area contributed by atoms with Crippen molar-refractivity contribution in [3.8, 4) is 0 Å². The van der Waals surface area contributed by atoms with Crippen LogP contribution in [0.4, 0.5) is 24.5 Å². The van der Waals surface area contributed by atoms with Crippen LogP contribution in [0.15, 0.2) is 48.5 Å². The van der Waals surface area contributed by atoms with E-state index in [2.05, 4.69) is 5.32 Å². The summed E-state index contributed by atoms with van der Waals surface area (Å²) in [5, 5.41) is 2.04. The summed E-state index contributed by atoms with van der Waals surface area (Å²) in [5.41, 5.74) is -0.904. The summed E-state index contributed by atoms with van der Waals surface area (Å²) in [4.78, 5) is 25.8. The summed E-state index contributed by atoms with van der Waals surface area (Å²) in [6.45, 7) is 2.06. The van der Waals surface area contributed by atoms with E-state index in [4.69, 9.17) is 11.6 Å². The molecule has 0 aromatic heterocycles. The van der Waals surface area contributed by atoms with Crippen LogP contribution in [0.2, 0.25) is 5.02 Å². The molecule has 1 N–H and O–H groups in total. The van der Waals surface area contributed by atoms with Gasteiger partial charge in [-0.25, -0.2) is 0 Å². The highest BCUT2D eigenvalue weighted by atomic mass is 35.5. The van der Waals surface area contributed by atoms with Crippen molar-refractivity contribution in [2.24, 2.45) is 0 Å². The van der Waals surface area contributed by atoms with Crippen LogP contribution < -0.4 is 10.2 Å². The minimum absolute atomic E-state index is 0.104. The number of amides is 2. The quantitative estimate of drug-likeness (QED) is 0.757. The summed E-state index contributed by atoms with van der Waals surface area (Å²) in [6.07, 6.45) is -5.26. The first-order valence-electron chi connectivity index (χ1n) is 7.74. The van der Waals surface area contributed by atoms with Crippen molar-refractivity contribution < 1.29 is 22.8 Å². The number of para-hydroxylation sites is 1. The number of benzene rings is 2. The Labute approximate surface area is 153 Å². The second-order valence-electron chi connectivity index (χ2n) is 5.39. The van der Waals surface area contributed by atoms with Crippen LogP contribution in [-0.2, 0) is 15.8 Å². The van der Waals surface area contributed by atoms with Crippen LogP contribution in [0.5, 0.6) is 0 Å². The second-order valence-corrected chi connectivity index (χ2v) is 5.82. The molecule has 0 heterocycles.